The summed E-state index contributed by atoms with van der Waals surface area (Å²) in [5, 5.41) is 8.59. The van der Waals surface area contributed by atoms with Gasteiger partial charge < -0.3 is 9.84 Å². The summed E-state index contributed by atoms with van der Waals surface area (Å²) in [5.74, 6) is -1.48. The molecule has 0 fully saturated rings. The van der Waals surface area contributed by atoms with Gasteiger partial charge in [0.1, 0.15) is 0 Å². The molecule has 0 bridgehead atoms. The van der Waals surface area contributed by atoms with Crippen molar-refractivity contribution in [1.29, 1.82) is 0 Å². The fraction of sp³-hybridized carbons (Fsp3) is 0.200. The molecule has 0 unspecified atom stereocenters. The van der Waals surface area contributed by atoms with Crippen LogP contribution in [0.1, 0.15) is 15.9 Å². The molecule has 14 heavy (non-hydrogen) atoms. The Kier molecular flexibility index (Phi) is 3.23. The van der Waals surface area contributed by atoms with Gasteiger partial charge in [-0.1, -0.05) is 18.2 Å². The van der Waals surface area contributed by atoms with E-state index in [9.17, 15) is 9.59 Å². The Morgan fingerprint density at radius 1 is 1.36 bits per heavy atom. The smallest absolute Gasteiger partial charge is 0.338 e. The van der Waals surface area contributed by atoms with E-state index < -0.39 is 11.9 Å². The van der Waals surface area contributed by atoms with Crippen molar-refractivity contribution in [3.05, 3.63) is 35.4 Å². The van der Waals surface area contributed by atoms with Gasteiger partial charge in [-0.2, -0.15) is 0 Å². The van der Waals surface area contributed by atoms with E-state index in [1.807, 2.05) is 0 Å². The molecular weight excluding hydrogens is 184 g/mol. The van der Waals surface area contributed by atoms with Crippen molar-refractivity contribution in [2.75, 3.05) is 7.11 Å². The second-order valence-corrected chi connectivity index (χ2v) is 2.72. The van der Waals surface area contributed by atoms with E-state index in [2.05, 4.69) is 4.74 Å². The number of carboxylic acids is 1. The molecule has 74 valence electrons. The lowest BCUT2D eigenvalue weighted by Crippen LogP contribution is -2.09. The maximum absolute atomic E-state index is 11.2. The number of carboxylic acid groups (broad SMARTS) is 1. The van der Waals surface area contributed by atoms with Crippen LogP contribution in [0.5, 0.6) is 0 Å². The molecule has 1 aromatic carbocycles. The van der Waals surface area contributed by atoms with Gasteiger partial charge in [-0.3, -0.25) is 4.79 Å². The van der Waals surface area contributed by atoms with Crippen LogP contribution < -0.4 is 0 Å². The highest BCUT2D eigenvalue weighted by molar-refractivity contribution is 5.92. The van der Waals surface area contributed by atoms with Crippen LogP contribution in [0.3, 0.4) is 0 Å². The molecule has 1 rings (SSSR count). The van der Waals surface area contributed by atoms with Gasteiger partial charge in [0.2, 0.25) is 0 Å². The number of ether oxygens (including phenoxy) is 1. The molecule has 0 atom stereocenters. The number of carbonyl (C=O) groups is 2. The summed E-state index contributed by atoms with van der Waals surface area (Å²) in [7, 11) is 1.26. The Hall–Kier alpha value is -1.84. The molecule has 0 radical (unpaired) electrons. The Balaban J connectivity index is 3.02. The lowest BCUT2D eigenvalue weighted by molar-refractivity contribution is -0.136. The number of carbonyl (C=O) groups excluding carboxylic acids is 1. The maximum Gasteiger partial charge on any atom is 0.338 e. The van der Waals surface area contributed by atoms with Crippen molar-refractivity contribution in [3.8, 4) is 0 Å². The van der Waals surface area contributed by atoms with E-state index in [0.717, 1.165) is 0 Å². The normalized spacial score (nSPS) is 9.50. The Morgan fingerprint density at radius 3 is 2.57 bits per heavy atom. The Bertz CT molecular complexity index is 357. The van der Waals surface area contributed by atoms with Gasteiger partial charge in [0.15, 0.2) is 0 Å². The van der Waals surface area contributed by atoms with Gasteiger partial charge in [0, 0.05) is 0 Å². The van der Waals surface area contributed by atoms with Gasteiger partial charge in [-0.25, -0.2) is 4.79 Å². The van der Waals surface area contributed by atoms with Crippen molar-refractivity contribution in [3.63, 3.8) is 0 Å². The van der Waals surface area contributed by atoms with E-state index >= 15 is 0 Å². The van der Waals surface area contributed by atoms with E-state index in [4.69, 9.17) is 5.11 Å². The van der Waals surface area contributed by atoms with E-state index in [0.29, 0.717) is 11.1 Å². The lowest BCUT2D eigenvalue weighted by atomic mass is 10.1. The number of benzene rings is 1. The number of aliphatic carboxylic acids is 1. The topological polar surface area (TPSA) is 63.6 Å². The molecule has 0 spiro atoms. The van der Waals surface area contributed by atoms with Gasteiger partial charge in [-0.05, 0) is 11.6 Å². The molecule has 1 N–H and O–H groups in total. The van der Waals surface area contributed by atoms with E-state index in [1.165, 1.54) is 7.11 Å². The first-order valence-corrected chi connectivity index (χ1v) is 4.03. The Labute approximate surface area is 81.1 Å². The van der Waals surface area contributed by atoms with Gasteiger partial charge in [-0.15, -0.1) is 0 Å². The molecule has 0 aromatic heterocycles. The van der Waals surface area contributed by atoms with E-state index in [-0.39, 0.29) is 6.42 Å². The predicted octanol–water partition coefficient (Wildman–Crippen LogP) is 1.10. The molecule has 0 heterocycles. The zero-order valence-corrected chi connectivity index (χ0v) is 7.69. The van der Waals surface area contributed by atoms with Crippen LogP contribution >= 0.6 is 0 Å². The second-order valence-electron chi connectivity index (χ2n) is 2.72. The third-order valence-electron chi connectivity index (χ3n) is 1.76. The summed E-state index contributed by atoms with van der Waals surface area (Å²) < 4.78 is 4.53. The summed E-state index contributed by atoms with van der Waals surface area (Å²) in [6.45, 7) is 0. The van der Waals surface area contributed by atoms with Crippen molar-refractivity contribution >= 4 is 11.9 Å². The molecule has 0 saturated heterocycles. The molecule has 0 amide bonds. The van der Waals surface area contributed by atoms with Crippen LogP contribution in [0, 0.1) is 0 Å². The van der Waals surface area contributed by atoms with Crippen LogP contribution in [-0.2, 0) is 16.0 Å². The summed E-state index contributed by atoms with van der Waals surface area (Å²) in [6, 6.07) is 6.49. The Morgan fingerprint density at radius 2 is 2.00 bits per heavy atom. The van der Waals surface area contributed by atoms with Crippen LogP contribution in [-0.4, -0.2) is 24.2 Å². The van der Waals surface area contributed by atoms with Crippen molar-refractivity contribution < 1.29 is 19.4 Å². The van der Waals surface area contributed by atoms with Gasteiger partial charge >= 0.3 is 11.9 Å². The summed E-state index contributed by atoms with van der Waals surface area (Å²) in [5.41, 5.74) is 0.768. The van der Waals surface area contributed by atoms with Gasteiger partial charge in [0.25, 0.3) is 0 Å². The number of hydrogen-bond acceptors (Lipinski definition) is 3. The minimum absolute atomic E-state index is 0.175. The van der Waals surface area contributed by atoms with Crippen LogP contribution in [0.15, 0.2) is 24.3 Å². The molecule has 0 aliphatic heterocycles. The highest BCUT2D eigenvalue weighted by Gasteiger charge is 2.12. The number of methoxy groups -OCH3 is 1. The van der Waals surface area contributed by atoms with Crippen LogP contribution in [0.25, 0.3) is 0 Å². The summed E-state index contributed by atoms with van der Waals surface area (Å²) in [6.07, 6.45) is -0.175. The van der Waals surface area contributed by atoms with Gasteiger partial charge in [0.05, 0.1) is 19.1 Å². The number of hydrogen-bond donors (Lipinski definition) is 1. The van der Waals surface area contributed by atoms with Crippen molar-refractivity contribution in [2.45, 2.75) is 6.42 Å². The monoisotopic (exact) mass is 194 g/mol. The molecule has 0 saturated carbocycles. The largest absolute Gasteiger partial charge is 0.481 e. The minimum Gasteiger partial charge on any atom is -0.481 e. The molecule has 4 heteroatoms. The van der Waals surface area contributed by atoms with Crippen LogP contribution in [0.2, 0.25) is 0 Å². The maximum atomic E-state index is 11.2. The zero-order valence-electron chi connectivity index (χ0n) is 7.69. The highest BCUT2D eigenvalue weighted by Crippen LogP contribution is 2.10. The lowest BCUT2D eigenvalue weighted by Gasteiger charge is -2.04. The van der Waals surface area contributed by atoms with Crippen molar-refractivity contribution in [1.82, 2.24) is 0 Å². The number of esters is 1. The van der Waals surface area contributed by atoms with Crippen molar-refractivity contribution in [2.24, 2.45) is 0 Å². The first kappa shape index (κ1) is 10.2. The first-order valence-electron chi connectivity index (χ1n) is 4.03. The number of rotatable bonds is 3. The highest BCUT2D eigenvalue weighted by atomic mass is 16.5. The molecule has 0 aliphatic rings. The predicted molar refractivity (Wildman–Crippen MR) is 49.1 cm³/mol. The quantitative estimate of drug-likeness (QED) is 0.732. The zero-order chi connectivity index (χ0) is 10.6. The molecule has 0 aliphatic carbocycles. The second kappa shape index (κ2) is 4.41. The summed E-state index contributed by atoms with van der Waals surface area (Å²) >= 11 is 0. The molecular formula is C10H10O4. The fourth-order valence-corrected chi connectivity index (χ4v) is 1.15. The SMILES string of the molecule is COC(=O)c1ccccc1CC(=O)O. The summed E-state index contributed by atoms with van der Waals surface area (Å²) in [4.78, 5) is 21.7. The van der Waals surface area contributed by atoms with E-state index in [1.54, 1.807) is 24.3 Å². The standard InChI is InChI=1S/C10H10O4/c1-14-10(13)8-5-3-2-4-7(8)6-9(11)12/h2-5H,6H2,1H3,(H,11,12). The molecule has 1 aromatic rings. The molecule has 4 nitrogen and oxygen atoms in total. The fourth-order valence-electron chi connectivity index (χ4n) is 1.15. The average Bonchev–Trinajstić information content (AvgIpc) is 2.16. The van der Waals surface area contributed by atoms with Crippen LogP contribution in [0.4, 0.5) is 0 Å². The third-order valence-corrected chi connectivity index (χ3v) is 1.76. The average molecular weight is 194 g/mol. The third kappa shape index (κ3) is 2.32. The first-order chi connectivity index (χ1) is 6.65. The minimum atomic E-state index is -0.971.